The number of nitrogens with zero attached hydrogens (tertiary/aromatic N) is 1. The molecule has 0 bridgehead atoms. The van der Waals surface area contributed by atoms with Crippen molar-refractivity contribution in [3.63, 3.8) is 0 Å². The predicted molar refractivity (Wildman–Crippen MR) is 106 cm³/mol. The van der Waals surface area contributed by atoms with Gasteiger partial charge < -0.3 is 14.8 Å². The maximum Gasteiger partial charge on any atom is 0.238 e. The summed E-state index contributed by atoms with van der Waals surface area (Å²) in [5.74, 6) is 1.56. The normalized spacial score (nSPS) is 19.1. The molecule has 2 aromatic rings. The standard InChI is InChI=1S/C21H23ClN2O3/c1-14-4-6-16(12-17(14)22)23-21(25)13-24-8-2-3-18(24)15-5-7-19-20(11-15)27-10-9-26-19/h4-7,11-12,18H,2-3,8-10,13H2,1H3,(H,23,25)/t18-/m0/s1. The van der Waals surface area contributed by atoms with E-state index in [1.807, 2.05) is 25.1 Å². The van der Waals surface area contributed by atoms with Crippen molar-refractivity contribution in [3.8, 4) is 11.5 Å². The van der Waals surface area contributed by atoms with E-state index in [2.05, 4.69) is 22.3 Å². The molecule has 2 aliphatic rings. The summed E-state index contributed by atoms with van der Waals surface area (Å²) in [5.41, 5.74) is 2.89. The Bertz CT molecular complexity index is 855. The van der Waals surface area contributed by atoms with Crippen LogP contribution in [0.4, 0.5) is 5.69 Å². The topological polar surface area (TPSA) is 50.8 Å². The zero-order chi connectivity index (χ0) is 18.8. The van der Waals surface area contributed by atoms with E-state index in [4.69, 9.17) is 21.1 Å². The van der Waals surface area contributed by atoms with Crippen molar-refractivity contribution in [1.29, 1.82) is 0 Å². The number of likely N-dealkylation sites (tertiary alicyclic amines) is 1. The molecule has 5 nitrogen and oxygen atoms in total. The van der Waals surface area contributed by atoms with E-state index in [0.717, 1.165) is 42.1 Å². The van der Waals surface area contributed by atoms with Crippen LogP contribution in [0.1, 0.15) is 30.0 Å². The van der Waals surface area contributed by atoms with E-state index in [1.54, 1.807) is 6.07 Å². The summed E-state index contributed by atoms with van der Waals surface area (Å²) in [5, 5.41) is 3.60. The Kier molecular flexibility index (Phi) is 5.23. The van der Waals surface area contributed by atoms with Gasteiger partial charge in [0.2, 0.25) is 5.91 Å². The second kappa shape index (κ2) is 7.79. The zero-order valence-electron chi connectivity index (χ0n) is 15.3. The lowest BCUT2D eigenvalue weighted by molar-refractivity contribution is -0.117. The number of halogens is 1. The molecule has 2 heterocycles. The maximum atomic E-state index is 12.5. The number of aryl methyl sites for hydroxylation is 1. The fourth-order valence-electron chi connectivity index (χ4n) is 3.72. The molecular formula is C21H23ClN2O3. The smallest absolute Gasteiger partial charge is 0.238 e. The number of carbonyl (C=O) groups excluding carboxylic acids is 1. The fraction of sp³-hybridized carbons (Fsp3) is 0.381. The van der Waals surface area contributed by atoms with Gasteiger partial charge in [-0.05, 0) is 61.7 Å². The highest BCUT2D eigenvalue weighted by atomic mass is 35.5. The number of nitrogens with one attached hydrogen (secondary N) is 1. The first-order chi connectivity index (χ1) is 13.1. The number of hydrogen-bond acceptors (Lipinski definition) is 4. The SMILES string of the molecule is Cc1ccc(NC(=O)CN2CCC[C@H]2c2ccc3c(c2)OCCO3)cc1Cl. The molecule has 2 aliphatic heterocycles. The Labute approximate surface area is 164 Å². The van der Waals surface area contributed by atoms with Crippen molar-refractivity contribution in [2.24, 2.45) is 0 Å². The molecule has 27 heavy (non-hydrogen) atoms. The molecule has 1 saturated heterocycles. The lowest BCUT2D eigenvalue weighted by Gasteiger charge is -2.26. The monoisotopic (exact) mass is 386 g/mol. The highest BCUT2D eigenvalue weighted by Crippen LogP contribution is 2.37. The van der Waals surface area contributed by atoms with Gasteiger partial charge in [0.1, 0.15) is 13.2 Å². The van der Waals surface area contributed by atoms with Gasteiger partial charge in [-0.15, -0.1) is 0 Å². The van der Waals surface area contributed by atoms with Gasteiger partial charge in [0.15, 0.2) is 11.5 Å². The number of ether oxygens (including phenoxy) is 2. The van der Waals surface area contributed by atoms with E-state index in [1.165, 1.54) is 5.56 Å². The highest BCUT2D eigenvalue weighted by Gasteiger charge is 2.28. The van der Waals surface area contributed by atoms with Crippen molar-refractivity contribution in [3.05, 3.63) is 52.5 Å². The van der Waals surface area contributed by atoms with Crippen LogP contribution in [0.3, 0.4) is 0 Å². The van der Waals surface area contributed by atoms with Crippen molar-refractivity contribution in [1.82, 2.24) is 4.90 Å². The van der Waals surface area contributed by atoms with E-state index in [0.29, 0.717) is 24.8 Å². The molecule has 1 N–H and O–H groups in total. The molecular weight excluding hydrogens is 364 g/mol. The summed E-state index contributed by atoms with van der Waals surface area (Å²) in [7, 11) is 0. The van der Waals surface area contributed by atoms with E-state index in [9.17, 15) is 4.79 Å². The molecule has 0 saturated carbocycles. The summed E-state index contributed by atoms with van der Waals surface area (Å²) in [6.45, 7) is 4.36. The van der Waals surface area contributed by atoms with E-state index < -0.39 is 0 Å². The molecule has 0 aromatic heterocycles. The van der Waals surface area contributed by atoms with Crippen LogP contribution in [0.25, 0.3) is 0 Å². The number of hydrogen-bond donors (Lipinski definition) is 1. The van der Waals surface area contributed by atoms with Gasteiger partial charge in [0.05, 0.1) is 6.54 Å². The Morgan fingerprint density at radius 2 is 2.00 bits per heavy atom. The van der Waals surface area contributed by atoms with Crippen molar-refractivity contribution in [2.45, 2.75) is 25.8 Å². The Morgan fingerprint density at radius 1 is 1.19 bits per heavy atom. The minimum atomic E-state index is -0.0284. The van der Waals surface area contributed by atoms with Crippen LogP contribution in [0.5, 0.6) is 11.5 Å². The predicted octanol–water partition coefficient (Wildman–Crippen LogP) is 4.20. The lowest BCUT2D eigenvalue weighted by atomic mass is 10.0. The van der Waals surface area contributed by atoms with Gasteiger partial charge in [-0.1, -0.05) is 23.7 Å². The quantitative estimate of drug-likeness (QED) is 0.855. The van der Waals surface area contributed by atoms with E-state index in [-0.39, 0.29) is 11.9 Å². The average Bonchev–Trinajstić information content (AvgIpc) is 3.12. The zero-order valence-corrected chi connectivity index (χ0v) is 16.1. The highest BCUT2D eigenvalue weighted by molar-refractivity contribution is 6.31. The molecule has 2 aromatic carbocycles. The molecule has 0 spiro atoms. The maximum absolute atomic E-state index is 12.5. The Morgan fingerprint density at radius 3 is 2.81 bits per heavy atom. The summed E-state index contributed by atoms with van der Waals surface area (Å²) in [6.07, 6.45) is 2.10. The molecule has 6 heteroatoms. The van der Waals surface area contributed by atoms with E-state index >= 15 is 0 Å². The van der Waals surface area contributed by atoms with Gasteiger partial charge in [0.25, 0.3) is 0 Å². The minimum Gasteiger partial charge on any atom is -0.486 e. The molecule has 0 unspecified atom stereocenters. The van der Waals surface area contributed by atoms with Crippen LogP contribution in [0, 0.1) is 6.92 Å². The molecule has 4 rings (SSSR count). The third-order valence-corrected chi connectivity index (χ3v) is 5.52. The summed E-state index contributed by atoms with van der Waals surface area (Å²) < 4.78 is 11.3. The van der Waals surface area contributed by atoms with Crippen LogP contribution < -0.4 is 14.8 Å². The second-order valence-electron chi connectivity index (χ2n) is 7.04. The molecule has 1 fully saturated rings. The van der Waals surface area contributed by atoms with Crippen molar-refractivity contribution < 1.29 is 14.3 Å². The van der Waals surface area contributed by atoms with Crippen LogP contribution in [-0.2, 0) is 4.79 Å². The summed E-state index contributed by atoms with van der Waals surface area (Å²) in [4.78, 5) is 14.8. The van der Waals surface area contributed by atoms with Gasteiger partial charge in [-0.2, -0.15) is 0 Å². The minimum absolute atomic E-state index is 0.0284. The molecule has 1 atom stereocenters. The number of anilines is 1. The molecule has 142 valence electrons. The first-order valence-corrected chi connectivity index (χ1v) is 9.67. The largest absolute Gasteiger partial charge is 0.486 e. The van der Waals surface area contributed by atoms with Gasteiger partial charge >= 0.3 is 0 Å². The van der Waals surface area contributed by atoms with Crippen LogP contribution >= 0.6 is 11.6 Å². The Balaban J connectivity index is 1.43. The number of rotatable bonds is 4. The van der Waals surface area contributed by atoms with Gasteiger partial charge in [-0.25, -0.2) is 0 Å². The summed E-state index contributed by atoms with van der Waals surface area (Å²) in [6, 6.07) is 11.9. The number of amides is 1. The van der Waals surface area contributed by atoms with Crippen molar-refractivity contribution >= 4 is 23.2 Å². The lowest BCUT2D eigenvalue weighted by Crippen LogP contribution is -2.33. The number of fused-ring (bicyclic) bond motifs is 1. The molecule has 1 amide bonds. The number of benzene rings is 2. The van der Waals surface area contributed by atoms with Gasteiger partial charge in [0, 0.05) is 16.8 Å². The number of carbonyl (C=O) groups is 1. The summed E-state index contributed by atoms with van der Waals surface area (Å²) >= 11 is 6.15. The van der Waals surface area contributed by atoms with Crippen molar-refractivity contribution in [2.75, 3.05) is 31.6 Å². The average molecular weight is 387 g/mol. The van der Waals surface area contributed by atoms with Gasteiger partial charge in [-0.3, -0.25) is 9.69 Å². The molecule has 0 aliphatic carbocycles. The second-order valence-corrected chi connectivity index (χ2v) is 7.45. The third-order valence-electron chi connectivity index (χ3n) is 5.12. The molecule has 0 radical (unpaired) electrons. The first kappa shape index (κ1) is 18.1. The van der Waals surface area contributed by atoms with Crippen LogP contribution in [-0.4, -0.2) is 37.1 Å². The fourth-order valence-corrected chi connectivity index (χ4v) is 3.90. The Hall–Kier alpha value is -2.24. The van der Waals surface area contributed by atoms with Crippen LogP contribution in [0.15, 0.2) is 36.4 Å². The first-order valence-electron chi connectivity index (χ1n) is 9.30. The third kappa shape index (κ3) is 4.04. The van der Waals surface area contributed by atoms with Crippen LogP contribution in [0.2, 0.25) is 5.02 Å².